The maximum absolute atomic E-state index is 12.3. The highest BCUT2D eigenvalue weighted by Crippen LogP contribution is 2.11. The number of hydroxylamine groups is 1. The van der Waals surface area contributed by atoms with E-state index >= 15 is 0 Å². The van der Waals surface area contributed by atoms with E-state index in [-0.39, 0.29) is 28.8 Å². The number of aromatic nitrogens is 2. The lowest BCUT2D eigenvalue weighted by Crippen LogP contribution is -2.27. The Kier molecular flexibility index (Phi) is 4.97. The fourth-order valence-corrected chi connectivity index (χ4v) is 2.45. The van der Waals surface area contributed by atoms with Gasteiger partial charge >= 0.3 is 0 Å². The lowest BCUT2D eigenvalue weighted by Gasteiger charge is -2.06. The molecular weight excluding hydrogens is 360 g/mol. The van der Waals surface area contributed by atoms with E-state index in [0.29, 0.717) is 5.02 Å². The van der Waals surface area contributed by atoms with Crippen molar-refractivity contribution in [3.05, 3.63) is 74.8 Å². The second-order valence-electron chi connectivity index (χ2n) is 5.40. The molecule has 26 heavy (non-hydrogen) atoms. The van der Waals surface area contributed by atoms with Crippen LogP contribution in [0.1, 0.15) is 26.5 Å². The maximum atomic E-state index is 12.3. The molecule has 0 saturated heterocycles. The largest absolute Gasteiger partial charge is 0.345 e. The van der Waals surface area contributed by atoms with E-state index in [4.69, 9.17) is 16.8 Å². The Bertz CT molecular complexity index is 1050. The summed E-state index contributed by atoms with van der Waals surface area (Å²) in [5.74, 6) is -1.50. The number of benzene rings is 2. The van der Waals surface area contributed by atoms with Crippen LogP contribution < -0.4 is 16.4 Å². The smallest absolute Gasteiger partial charge is 0.287 e. The number of carbonyl (C=O) groups excluding carboxylic acids is 2. The Hall–Kier alpha value is -3.23. The van der Waals surface area contributed by atoms with E-state index in [1.165, 1.54) is 23.7 Å². The van der Waals surface area contributed by atoms with Gasteiger partial charge in [-0.25, -0.2) is 10.5 Å². The molecule has 0 spiro atoms. The standard InChI is InChI=1S/C17H13ClN4O4/c18-11-4-1-9(2-5-11)8-19-17(25)14-20-13-7-10(15(23)22-26)3-6-12(13)16(24)21-14/h1-7,26H,8H2,(H,19,25)(H,22,23)(H,20,21,24). The van der Waals surface area contributed by atoms with Gasteiger partial charge in [-0.2, -0.15) is 0 Å². The maximum Gasteiger partial charge on any atom is 0.287 e. The van der Waals surface area contributed by atoms with E-state index in [1.54, 1.807) is 24.3 Å². The zero-order chi connectivity index (χ0) is 18.7. The van der Waals surface area contributed by atoms with Crippen molar-refractivity contribution in [2.24, 2.45) is 0 Å². The van der Waals surface area contributed by atoms with Crippen molar-refractivity contribution < 1.29 is 14.8 Å². The summed E-state index contributed by atoms with van der Waals surface area (Å²) < 4.78 is 0. The third-order valence-corrected chi connectivity index (χ3v) is 3.90. The SMILES string of the molecule is O=C(NO)c1ccc2c(=O)[nH]c(C(=O)NCc3ccc(Cl)cc3)nc2c1. The van der Waals surface area contributed by atoms with E-state index in [2.05, 4.69) is 15.3 Å². The Balaban J connectivity index is 1.86. The zero-order valence-electron chi connectivity index (χ0n) is 13.2. The van der Waals surface area contributed by atoms with Crippen LogP contribution in [0.5, 0.6) is 0 Å². The van der Waals surface area contributed by atoms with E-state index in [1.807, 2.05) is 0 Å². The highest BCUT2D eigenvalue weighted by Gasteiger charge is 2.13. The molecule has 0 aliphatic rings. The van der Waals surface area contributed by atoms with Crippen LogP contribution in [0.4, 0.5) is 0 Å². The Labute approximate surface area is 151 Å². The van der Waals surface area contributed by atoms with Crippen molar-refractivity contribution in [3.63, 3.8) is 0 Å². The second kappa shape index (κ2) is 7.34. The monoisotopic (exact) mass is 372 g/mol. The number of halogens is 1. The zero-order valence-corrected chi connectivity index (χ0v) is 14.0. The third-order valence-electron chi connectivity index (χ3n) is 3.65. The second-order valence-corrected chi connectivity index (χ2v) is 5.83. The van der Waals surface area contributed by atoms with Crippen LogP contribution in [-0.4, -0.2) is 27.0 Å². The average molecular weight is 373 g/mol. The summed E-state index contributed by atoms with van der Waals surface area (Å²) in [6.07, 6.45) is 0. The minimum Gasteiger partial charge on any atom is -0.345 e. The molecule has 9 heteroatoms. The van der Waals surface area contributed by atoms with Gasteiger partial charge in [0.15, 0.2) is 5.82 Å². The van der Waals surface area contributed by atoms with Gasteiger partial charge in [-0.15, -0.1) is 0 Å². The number of nitrogens with zero attached hydrogens (tertiary/aromatic N) is 1. The Morgan fingerprint density at radius 3 is 2.54 bits per heavy atom. The predicted molar refractivity (Wildman–Crippen MR) is 94.2 cm³/mol. The summed E-state index contributed by atoms with van der Waals surface area (Å²) in [4.78, 5) is 42.4. The molecule has 1 heterocycles. The Morgan fingerprint density at radius 2 is 1.85 bits per heavy atom. The molecule has 0 unspecified atom stereocenters. The first-order chi connectivity index (χ1) is 12.5. The van der Waals surface area contributed by atoms with Crippen LogP contribution in [-0.2, 0) is 6.54 Å². The third kappa shape index (κ3) is 3.71. The first-order valence-electron chi connectivity index (χ1n) is 7.49. The van der Waals surface area contributed by atoms with Crippen molar-refractivity contribution >= 4 is 34.3 Å². The number of rotatable bonds is 4. The number of fused-ring (bicyclic) bond motifs is 1. The normalized spacial score (nSPS) is 10.5. The van der Waals surface area contributed by atoms with Crippen LogP contribution in [0.3, 0.4) is 0 Å². The van der Waals surface area contributed by atoms with Gasteiger partial charge in [0.25, 0.3) is 17.4 Å². The minimum absolute atomic E-state index is 0.102. The molecular formula is C17H13ClN4O4. The first kappa shape index (κ1) is 17.6. The highest BCUT2D eigenvalue weighted by atomic mass is 35.5. The average Bonchev–Trinajstić information content (AvgIpc) is 2.66. The fraction of sp³-hybridized carbons (Fsp3) is 0.0588. The number of amides is 2. The molecule has 0 saturated carbocycles. The van der Waals surface area contributed by atoms with Gasteiger partial charge in [0.05, 0.1) is 10.9 Å². The molecule has 0 radical (unpaired) electrons. The van der Waals surface area contributed by atoms with E-state index < -0.39 is 17.4 Å². The van der Waals surface area contributed by atoms with Crippen molar-refractivity contribution in [2.75, 3.05) is 0 Å². The molecule has 1 aromatic heterocycles. The molecule has 3 aromatic rings. The Morgan fingerprint density at radius 1 is 1.12 bits per heavy atom. The van der Waals surface area contributed by atoms with Gasteiger partial charge in [-0.05, 0) is 35.9 Å². The summed E-state index contributed by atoms with van der Waals surface area (Å²) in [6, 6.07) is 11.0. The number of H-pyrrole nitrogens is 1. The summed E-state index contributed by atoms with van der Waals surface area (Å²) in [5, 5.41) is 12.1. The number of hydrogen-bond donors (Lipinski definition) is 4. The van der Waals surface area contributed by atoms with Gasteiger partial charge < -0.3 is 10.3 Å². The van der Waals surface area contributed by atoms with Crippen LogP contribution in [0.25, 0.3) is 10.9 Å². The molecule has 0 atom stereocenters. The summed E-state index contributed by atoms with van der Waals surface area (Å²) >= 11 is 5.81. The number of aromatic amines is 1. The summed E-state index contributed by atoms with van der Waals surface area (Å²) in [7, 11) is 0. The molecule has 0 fully saturated rings. The number of hydrogen-bond acceptors (Lipinski definition) is 5. The van der Waals surface area contributed by atoms with Gasteiger partial charge in [-0.3, -0.25) is 19.6 Å². The lowest BCUT2D eigenvalue weighted by atomic mass is 10.1. The lowest BCUT2D eigenvalue weighted by molar-refractivity contribution is 0.0706. The van der Waals surface area contributed by atoms with Crippen LogP contribution in [0, 0.1) is 0 Å². The fourth-order valence-electron chi connectivity index (χ4n) is 2.32. The molecule has 2 amide bonds. The predicted octanol–water partition coefficient (Wildman–Crippen LogP) is 1.63. The summed E-state index contributed by atoms with van der Waals surface area (Å²) in [5.41, 5.74) is 2.08. The minimum atomic E-state index is -0.747. The highest BCUT2D eigenvalue weighted by molar-refractivity contribution is 6.30. The van der Waals surface area contributed by atoms with Crippen molar-refractivity contribution in [3.8, 4) is 0 Å². The van der Waals surface area contributed by atoms with Gasteiger partial charge in [-0.1, -0.05) is 23.7 Å². The van der Waals surface area contributed by atoms with Crippen LogP contribution in [0.2, 0.25) is 5.02 Å². The molecule has 0 aliphatic heterocycles. The van der Waals surface area contributed by atoms with E-state index in [9.17, 15) is 14.4 Å². The van der Waals surface area contributed by atoms with Crippen LogP contribution >= 0.6 is 11.6 Å². The van der Waals surface area contributed by atoms with Gasteiger partial charge in [0.2, 0.25) is 0 Å². The van der Waals surface area contributed by atoms with Crippen molar-refractivity contribution in [1.82, 2.24) is 20.8 Å². The molecule has 4 N–H and O–H groups in total. The quantitative estimate of drug-likeness (QED) is 0.409. The molecule has 3 rings (SSSR count). The molecule has 8 nitrogen and oxygen atoms in total. The number of carbonyl (C=O) groups is 2. The van der Waals surface area contributed by atoms with Gasteiger partial charge in [0.1, 0.15) is 0 Å². The van der Waals surface area contributed by atoms with Crippen molar-refractivity contribution in [2.45, 2.75) is 6.54 Å². The first-order valence-corrected chi connectivity index (χ1v) is 7.87. The van der Waals surface area contributed by atoms with E-state index in [0.717, 1.165) is 5.56 Å². The molecule has 2 aromatic carbocycles. The molecule has 132 valence electrons. The summed E-state index contributed by atoms with van der Waals surface area (Å²) in [6.45, 7) is 0.227. The van der Waals surface area contributed by atoms with Crippen molar-refractivity contribution in [1.29, 1.82) is 0 Å². The van der Waals surface area contributed by atoms with Gasteiger partial charge in [0, 0.05) is 17.1 Å². The number of nitrogens with one attached hydrogen (secondary N) is 3. The molecule has 0 bridgehead atoms. The van der Waals surface area contributed by atoms with Crippen LogP contribution in [0.15, 0.2) is 47.3 Å². The topological polar surface area (TPSA) is 124 Å². The molecule has 0 aliphatic carbocycles.